The first kappa shape index (κ1) is 22.2. The van der Waals surface area contributed by atoms with Crippen LogP contribution in [0.5, 0.6) is 0 Å². The Hall–Kier alpha value is -0.820. The third kappa shape index (κ3) is 5.33. The van der Waals surface area contributed by atoms with Gasteiger partial charge in [0.15, 0.2) is 0 Å². The molecule has 2 aromatic carbocycles. The van der Waals surface area contributed by atoms with Crippen LogP contribution in [0.3, 0.4) is 0 Å². The number of allylic oxidation sites excluding steroid dienone is 1. The maximum atomic E-state index is 3.46. The second kappa shape index (κ2) is 10.4. The van der Waals surface area contributed by atoms with Crippen molar-refractivity contribution in [1.29, 1.82) is 0 Å². The molecule has 1 atom stereocenters. The molecule has 1 aliphatic rings. The Morgan fingerprint density at radius 3 is 2.08 bits per heavy atom. The van der Waals surface area contributed by atoms with E-state index in [1.807, 2.05) is 0 Å². The Morgan fingerprint density at radius 2 is 1.56 bits per heavy atom. The number of fused-ring (bicyclic) bond motifs is 1. The van der Waals surface area contributed by atoms with Gasteiger partial charge in [-0.15, -0.1) is 11.6 Å². The number of hydrogen-bond acceptors (Lipinski definition) is 0. The van der Waals surface area contributed by atoms with Crippen molar-refractivity contribution in [3.8, 4) is 0 Å². The zero-order valence-electron chi connectivity index (χ0n) is 16.8. The quantitative estimate of drug-likeness (QED) is 0.239. The van der Waals surface area contributed by atoms with Crippen LogP contribution in [0, 0.1) is 40.7 Å². The van der Waals surface area contributed by atoms with Gasteiger partial charge < -0.3 is 0 Å². The molecule has 3 rings (SSSR count). The second-order valence-corrected chi connectivity index (χ2v) is 7.11. The van der Waals surface area contributed by atoms with Crippen LogP contribution in [0.15, 0.2) is 24.3 Å². The van der Waals surface area contributed by atoms with Gasteiger partial charge in [0.05, 0.1) is 0 Å². The summed E-state index contributed by atoms with van der Waals surface area (Å²) in [5.74, 6) is 0.567. The van der Waals surface area contributed by atoms with Crippen molar-refractivity contribution in [2.24, 2.45) is 0 Å². The third-order valence-corrected chi connectivity index (χ3v) is 5.72. The van der Waals surface area contributed by atoms with E-state index in [4.69, 9.17) is 0 Å². The first-order valence-corrected chi connectivity index (χ1v) is 9.35. The average molecular weight is 499 g/mol. The summed E-state index contributed by atoms with van der Waals surface area (Å²) in [5.41, 5.74) is 10.2. The standard InChI is InChI=1S/C14H17.C10H15.Hf/c1-2-3-4-7-12-10-11-13-8-5-6-9-14(12)13;1-6-7(2)9(4)10(5)8(6)3;/h5-6,8-9,11-12H,2-4,7H2,1H3;1-5H3;/q2*-1;. The zero-order chi connectivity index (χ0) is 17.7. The van der Waals surface area contributed by atoms with E-state index in [1.54, 1.807) is 0 Å². The van der Waals surface area contributed by atoms with Crippen molar-refractivity contribution in [3.63, 3.8) is 0 Å². The van der Waals surface area contributed by atoms with E-state index in [-0.39, 0.29) is 25.8 Å². The van der Waals surface area contributed by atoms with Gasteiger partial charge in [-0.05, 0) is 0 Å². The molecule has 0 radical (unpaired) electrons. The van der Waals surface area contributed by atoms with Crippen molar-refractivity contribution >= 4 is 6.08 Å². The fourth-order valence-electron chi connectivity index (χ4n) is 3.48. The first-order chi connectivity index (χ1) is 11.5. The van der Waals surface area contributed by atoms with E-state index < -0.39 is 0 Å². The smallest absolute Gasteiger partial charge is 0 e. The van der Waals surface area contributed by atoms with Crippen molar-refractivity contribution in [2.45, 2.75) is 73.1 Å². The topological polar surface area (TPSA) is 0 Å². The maximum absolute atomic E-state index is 3.46. The Balaban J connectivity index is 0.000000254. The van der Waals surface area contributed by atoms with Gasteiger partial charge in [0.2, 0.25) is 0 Å². The van der Waals surface area contributed by atoms with Crippen LogP contribution >= 0.6 is 0 Å². The van der Waals surface area contributed by atoms with Crippen molar-refractivity contribution in [2.75, 3.05) is 0 Å². The van der Waals surface area contributed by atoms with Gasteiger partial charge in [-0.1, -0.05) is 91.3 Å². The molecule has 1 aliphatic carbocycles. The number of unbranched alkanes of at least 4 members (excludes halogenated alkanes) is 2. The predicted octanol–water partition coefficient (Wildman–Crippen LogP) is 7.13. The third-order valence-electron chi connectivity index (χ3n) is 5.72. The average Bonchev–Trinajstić information content (AvgIpc) is 3.08. The minimum absolute atomic E-state index is 0. The van der Waals surface area contributed by atoms with Crippen LogP contribution in [-0.2, 0) is 25.8 Å². The predicted molar refractivity (Wildman–Crippen MR) is 107 cm³/mol. The zero-order valence-corrected chi connectivity index (χ0v) is 20.4. The van der Waals surface area contributed by atoms with E-state index in [0.29, 0.717) is 5.92 Å². The SMILES string of the molecule is CCCCCC1[C-]=Cc2ccccc21.Cc1c(C)c(C)[c-](C)c1C.[Hf]. The van der Waals surface area contributed by atoms with Crippen LogP contribution in [0.2, 0.25) is 0 Å². The van der Waals surface area contributed by atoms with Crippen LogP contribution in [0.25, 0.3) is 6.08 Å². The van der Waals surface area contributed by atoms with Gasteiger partial charge in [-0.2, -0.15) is 33.4 Å². The molecule has 134 valence electrons. The molecule has 25 heavy (non-hydrogen) atoms. The van der Waals surface area contributed by atoms with Gasteiger partial charge in [0.25, 0.3) is 0 Å². The summed E-state index contributed by atoms with van der Waals surface area (Å²) < 4.78 is 0. The van der Waals surface area contributed by atoms with Gasteiger partial charge >= 0.3 is 0 Å². The minimum atomic E-state index is 0. The molecule has 0 spiro atoms. The number of benzene rings is 1. The number of hydrogen-bond donors (Lipinski definition) is 0. The summed E-state index contributed by atoms with van der Waals surface area (Å²) in [6.45, 7) is 13.2. The molecule has 0 saturated carbocycles. The number of rotatable bonds is 4. The van der Waals surface area contributed by atoms with E-state index in [2.05, 4.69) is 78.0 Å². The molecule has 1 heteroatoms. The van der Waals surface area contributed by atoms with Gasteiger partial charge in [-0.3, -0.25) is 6.08 Å². The molecular weight excluding hydrogens is 467 g/mol. The normalized spacial score (nSPS) is 14.6. The van der Waals surface area contributed by atoms with E-state index in [0.717, 1.165) is 0 Å². The molecule has 0 heterocycles. The molecule has 0 N–H and O–H groups in total. The molecule has 0 bridgehead atoms. The summed E-state index contributed by atoms with van der Waals surface area (Å²) >= 11 is 0. The molecule has 0 fully saturated rings. The molecule has 0 nitrogen and oxygen atoms in total. The summed E-state index contributed by atoms with van der Waals surface area (Å²) in [6.07, 6.45) is 10.8. The largest absolute Gasteiger partial charge is 0.268 e. The summed E-state index contributed by atoms with van der Waals surface area (Å²) in [7, 11) is 0. The van der Waals surface area contributed by atoms with Gasteiger partial charge in [0.1, 0.15) is 0 Å². The summed E-state index contributed by atoms with van der Waals surface area (Å²) in [5, 5.41) is 0. The Bertz CT molecular complexity index is 623. The molecule has 2 aromatic rings. The van der Waals surface area contributed by atoms with Crippen LogP contribution < -0.4 is 0 Å². The monoisotopic (exact) mass is 500 g/mol. The maximum Gasteiger partial charge on any atom is 0 e. The molecule has 0 saturated heterocycles. The minimum Gasteiger partial charge on any atom is -0.268 e. The van der Waals surface area contributed by atoms with E-state index >= 15 is 0 Å². The van der Waals surface area contributed by atoms with Crippen molar-refractivity contribution < 1.29 is 25.8 Å². The summed E-state index contributed by atoms with van der Waals surface area (Å²) in [4.78, 5) is 0. The Kier molecular flexibility index (Phi) is 9.21. The molecular formula is C24H32Hf-2. The summed E-state index contributed by atoms with van der Waals surface area (Å²) in [6, 6.07) is 8.66. The molecule has 0 amide bonds. The van der Waals surface area contributed by atoms with E-state index in [9.17, 15) is 0 Å². The van der Waals surface area contributed by atoms with Crippen molar-refractivity contribution in [3.05, 3.63) is 69.3 Å². The van der Waals surface area contributed by atoms with E-state index in [1.165, 1.54) is 64.6 Å². The molecule has 1 unspecified atom stereocenters. The Morgan fingerprint density at radius 1 is 0.960 bits per heavy atom. The van der Waals surface area contributed by atoms with Crippen LogP contribution in [0.1, 0.15) is 77.5 Å². The fraction of sp³-hybridized carbons (Fsp3) is 0.458. The second-order valence-electron chi connectivity index (χ2n) is 7.11. The first-order valence-electron chi connectivity index (χ1n) is 9.35. The van der Waals surface area contributed by atoms with Crippen LogP contribution in [0.4, 0.5) is 0 Å². The van der Waals surface area contributed by atoms with Crippen LogP contribution in [-0.4, -0.2) is 0 Å². The molecule has 0 aliphatic heterocycles. The van der Waals surface area contributed by atoms with Crippen molar-refractivity contribution in [1.82, 2.24) is 0 Å². The Labute approximate surface area is 173 Å². The van der Waals surface area contributed by atoms with Gasteiger partial charge in [-0.25, -0.2) is 6.08 Å². The fourth-order valence-corrected chi connectivity index (χ4v) is 3.48. The molecule has 0 aromatic heterocycles. The van der Waals surface area contributed by atoms with Gasteiger partial charge in [0, 0.05) is 25.8 Å².